The Labute approximate surface area is 102 Å². The molecule has 0 aliphatic rings. The van der Waals surface area contributed by atoms with Gasteiger partial charge in [-0.15, -0.1) is 11.5 Å². The van der Waals surface area contributed by atoms with E-state index in [0.717, 1.165) is 0 Å². The summed E-state index contributed by atoms with van der Waals surface area (Å²) < 4.78 is 0. The molecule has 0 amide bonds. The van der Waals surface area contributed by atoms with E-state index in [4.69, 9.17) is 10.0 Å². The van der Waals surface area contributed by atoms with Crippen LogP contribution in [0.1, 0.15) is 0 Å². The molecule has 0 aromatic heterocycles. The Morgan fingerprint density at radius 1 is 1.33 bits per heavy atom. The first-order valence-corrected chi connectivity index (χ1v) is 1.17. The summed E-state index contributed by atoms with van der Waals surface area (Å²) in [5.74, 6) is 0. The molecular formula is H6BBaClO2Pb. The Kier molecular flexibility index (Phi) is 28.3. The molecule has 0 bridgehead atoms. The van der Waals surface area contributed by atoms with Gasteiger partial charge < -0.3 is 10.0 Å². The second-order valence-electron chi connectivity index (χ2n) is 0.311. The van der Waals surface area contributed by atoms with Crippen LogP contribution >= 0.6 is 11.5 Å². The quantitative estimate of drug-likeness (QED) is 0.414. The van der Waals surface area contributed by atoms with E-state index in [1.807, 2.05) is 0 Å². The molecule has 0 aromatic carbocycles. The van der Waals surface area contributed by atoms with Crippen LogP contribution in [0, 0.1) is 0 Å². The third-order valence-electron chi connectivity index (χ3n) is 0. The number of hydrogen-bond acceptors (Lipinski definition) is 2. The second-order valence-corrected chi connectivity index (χ2v) is 0.701. The van der Waals surface area contributed by atoms with E-state index in [-0.39, 0.29) is 76.2 Å². The van der Waals surface area contributed by atoms with Crippen LogP contribution in [0.4, 0.5) is 0 Å². The van der Waals surface area contributed by atoms with Crippen molar-refractivity contribution in [3.05, 3.63) is 0 Å². The van der Waals surface area contributed by atoms with Gasteiger partial charge in [-0.05, 0) is 0 Å². The van der Waals surface area contributed by atoms with Crippen LogP contribution in [0.25, 0.3) is 0 Å². The summed E-state index contributed by atoms with van der Waals surface area (Å²) in [6.07, 6.45) is 0. The van der Waals surface area contributed by atoms with E-state index in [1.54, 1.807) is 0 Å². The average molecular weight is 429 g/mol. The van der Waals surface area contributed by atoms with Gasteiger partial charge in [0, 0.05) is 0 Å². The first-order chi connectivity index (χ1) is 1.73. The monoisotopic (exact) mass is 430 g/mol. The summed E-state index contributed by atoms with van der Waals surface area (Å²) in [5.41, 5.74) is 0. The Bertz CT molecular complexity index is 18.3. The minimum atomic E-state index is -1.69. The van der Waals surface area contributed by atoms with Crippen LogP contribution in [-0.4, -0.2) is 92.8 Å². The van der Waals surface area contributed by atoms with Crippen molar-refractivity contribution in [2.75, 3.05) is 0 Å². The molecular weight excluding hydrogens is 423 g/mol. The molecule has 0 fully saturated rings. The molecule has 2 N–H and O–H groups in total. The van der Waals surface area contributed by atoms with Gasteiger partial charge in [-0.25, -0.2) is 0 Å². The van der Waals surface area contributed by atoms with E-state index in [0.29, 0.717) is 0 Å². The summed E-state index contributed by atoms with van der Waals surface area (Å²) in [6, 6.07) is 0. The first kappa shape index (κ1) is 15.9. The summed E-state index contributed by atoms with van der Waals surface area (Å²) >= 11 is 4.39. The zero-order valence-corrected chi connectivity index (χ0v) is 8.81. The summed E-state index contributed by atoms with van der Waals surface area (Å²) in [6.45, 7) is -1.69. The van der Waals surface area contributed by atoms with Crippen molar-refractivity contribution in [3.63, 3.8) is 0 Å². The normalized spacial score (nSPS) is 4.50. The Morgan fingerprint density at radius 2 is 1.33 bits per heavy atom. The van der Waals surface area contributed by atoms with Crippen molar-refractivity contribution in [2.45, 2.75) is 0 Å². The van der Waals surface area contributed by atoms with Gasteiger partial charge in [0.15, 0.2) is 0 Å². The molecule has 34 valence electrons. The van der Waals surface area contributed by atoms with Crippen LogP contribution in [-0.2, 0) is 0 Å². The Balaban J connectivity index is -0.0000000450. The van der Waals surface area contributed by atoms with Gasteiger partial charge in [-0.3, -0.25) is 0 Å². The van der Waals surface area contributed by atoms with Crippen molar-refractivity contribution in [2.24, 2.45) is 0 Å². The van der Waals surface area contributed by atoms with E-state index in [2.05, 4.69) is 11.5 Å². The molecule has 0 aromatic rings. The van der Waals surface area contributed by atoms with Gasteiger partial charge in [0.1, 0.15) is 0 Å². The van der Waals surface area contributed by atoms with E-state index in [1.165, 1.54) is 0 Å². The predicted molar refractivity (Wildman–Crippen MR) is 33.1 cm³/mol. The molecule has 2 nitrogen and oxygen atoms in total. The molecule has 0 atom stereocenters. The van der Waals surface area contributed by atoms with Gasteiger partial charge in [-0.1, -0.05) is 0 Å². The molecule has 0 aliphatic carbocycles. The fourth-order valence-electron chi connectivity index (χ4n) is 0. The standard InChI is InChI=1S/BClH2O2.Ba.Pb.4H/c2-1(3)4;;;;;;/h3-4H;;;;;;. The zero-order chi connectivity index (χ0) is 3.58. The zero-order valence-electron chi connectivity index (χ0n) is 2.56. The maximum atomic E-state index is 7.38. The number of rotatable bonds is 0. The van der Waals surface area contributed by atoms with Gasteiger partial charge in [-0.2, -0.15) is 0 Å². The fraction of sp³-hybridized carbons (Fsp3) is 0. The van der Waals surface area contributed by atoms with Crippen molar-refractivity contribution in [3.8, 4) is 0 Å². The van der Waals surface area contributed by atoms with Crippen LogP contribution in [0.15, 0.2) is 0 Å². The van der Waals surface area contributed by atoms with E-state index >= 15 is 0 Å². The molecule has 0 heterocycles. The van der Waals surface area contributed by atoms with Crippen molar-refractivity contribution in [1.29, 1.82) is 0 Å². The van der Waals surface area contributed by atoms with Crippen LogP contribution in [0.2, 0.25) is 0 Å². The molecule has 0 aliphatic heterocycles. The van der Waals surface area contributed by atoms with E-state index in [9.17, 15) is 0 Å². The summed E-state index contributed by atoms with van der Waals surface area (Å²) in [4.78, 5) is 0. The molecule has 2 radical (unpaired) electrons. The van der Waals surface area contributed by atoms with Crippen LogP contribution < -0.4 is 0 Å². The molecule has 0 rings (SSSR count). The molecule has 6 heavy (non-hydrogen) atoms. The number of hydrogen-bond donors (Lipinski definition) is 2. The van der Waals surface area contributed by atoms with Crippen LogP contribution in [0.3, 0.4) is 0 Å². The minimum absolute atomic E-state index is 0. The topological polar surface area (TPSA) is 40.5 Å². The molecule has 6 heteroatoms. The third-order valence-corrected chi connectivity index (χ3v) is 0. The van der Waals surface area contributed by atoms with Gasteiger partial charge in [0.2, 0.25) is 0 Å². The van der Waals surface area contributed by atoms with Gasteiger partial charge >= 0.3 is 82.7 Å². The second kappa shape index (κ2) is 10.7. The van der Waals surface area contributed by atoms with Crippen LogP contribution in [0.5, 0.6) is 0 Å². The van der Waals surface area contributed by atoms with Gasteiger partial charge in [0.05, 0.1) is 0 Å². The molecule has 0 saturated carbocycles. The fourth-order valence-corrected chi connectivity index (χ4v) is 0. The predicted octanol–water partition coefficient (Wildman–Crippen LogP) is -2.64. The van der Waals surface area contributed by atoms with Gasteiger partial charge in [0.25, 0.3) is 0 Å². The summed E-state index contributed by atoms with van der Waals surface area (Å²) in [5, 5.41) is 14.8. The number of halogens is 1. The molecule has 0 unspecified atom stereocenters. The first-order valence-electron chi connectivity index (χ1n) is 0.735. The summed E-state index contributed by atoms with van der Waals surface area (Å²) in [7, 11) is 0. The molecule has 0 saturated heterocycles. The van der Waals surface area contributed by atoms with E-state index < -0.39 is 6.53 Å². The SMILES string of the molecule is OB(O)Cl.[BaH2].[PbH2]. The maximum absolute atomic E-state index is 7.38. The third kappa shape index (κ3) is 29.4. The van der Waals surface area contributed by atoms with Crippen molar-refractivity contribution in [1.82, 2.24) is 0 Å². The molecule has 0 spiro atoms. The Hall–Kier alpha value is 2.77. The average Bonchev–Trinajstić information content (AvgIpc) is 0.811. The van der Waals surface area contributed by atoms with Crippen molar-refractivity contribution >= 4 is 94.2 Å². The van der Waals surface area contributed by atoms with Crippen molar-refractivity contribution < 1.29 is 10.0 Å². The Morgan fingerprint density at radius 3 is 1.33 bits per heavy atom.